The molecule has 1 aliphatic carbocycles. The van der Waals surface area contributed by atoms with Crippen LogP contribution in [0.25, 0.3) is 0 Å². The molecule has 0 radical (unpaired) electrons. The van der Waals surface area contributed by atoms with Gasteiger partial charge in [0.05, 0.1) is 30.7 Å². The van der Waals surface area contributed by atoms with E-state index in [4.69, 9.17) is 14.3 Å². The van der Waals surface area contributed by atoms with Crippen LogP contribution in [0.1, 0.15) is 45.6 Å². The highest BCUT2D eigenvalue weighted by Gasteiger charge is 2.71. The first-order valence-corrected chi connectivity index (χ1v) is 10.1. The fourth-order valence-corrected chi connectivity index (χ4v) is 4.54. The Morgan fingerprint density at radius 2 is 1.71 bits per heavy atom. The van der Waals surface area contributed by atoms with Crippen molar-refractivity contribution in [2.45, 2.75) is 45.6 Å². The zero-order valence-corrected chi connectivity index (χ0v) is 17.9. The van der Waals surface area contributed by atoms with Crippen LogP contribution in [0.3, 0.4) is 0 Å². The van der Waals surface area contributed by atoms with Crippen molar-refractivity contribution in [1.29, 1.82) is 0 Å². The molecule has 1 aliphatic heterocycles. The Morgan fingerprint density at radius 3 is 2.21 bits per heavy atom. The van der Waals surface area contributed by atoms with Gasteiger partial charge < -0.3 is 14.3 Å². The average molecular weight is 454 g/mol. The monoisotopic (exact) mass is 453 g/mol. The standard InChI is InChI=1S/C20H24BrNO6/c1-5-26-17(23)20(18(24)27-6-2)11-14-16(22(25)28-19(14,3)4)15(20)12-7-9-13(21)10-8-12/h7-10,14-15H,5-6,11H2,1-4H3/t14-,15+/m1/s1. The van der Waals surface area contributed by atoms with Gasteiger partial charge in [-0.3, -0.25) is 14.8 Å². The van der Waals surface area contributed by atoms with Gasteiger partial charge in [0.25, 0.3) is 0 Å². The van der Waals surface area contributed by atoms with Crippen molar-refractivity contribution in [2.75, 3.05) is 13.2 Å². The second-order valence-electron chi connectivity index (χ2n) is 7.53. The number of halogens is 1. The highest BCUT2D eigenvalue weighted by Crippen LogP contribution is 2.57. The molecular weight excluding hydrogens is 430 g/mol. The van der Waals surface area contributed by atoms with Crippen LogP contribution in [0.2, 0.25) is 0 Å². The number of carbonyl (C=O) groups is 2. The Hall–Kier alpha value is -2.09. The zero-order chi connectivity index (χ0) is 20.7. The second-order valence-corrected chi connectivity index (χ2v) is 8.45. The minimum absolute atomic E-state index is 0.0898. The average Bonchev–Trinajstić information content (AvgIpc) is 3.10. The highest BCUT2D eigenvalue weighted by atomic mass is 79.9. The van der Waals surface area contributed by atoms with Crippen LogP contribution in [0, 0.1) is 16.5 Å². The van der Waals surface area contributed by atoms with E-state index in [2.05, 4.69) is 15.9 Å². The van der Waals surface area contributed by atoms with Crippen LogP contribution in [0.15, 0.2) is 28.7 Å². The zero-order valence-electron chi connectivity index (χ0n) is 16.4. The molecule has 0 aromatic heterocycles. The number of hydrogen-bond acceptors (Lipinski definition) is 6. The molecule has 1 aromatic carbocycles. The van der Waals surface area contributed by atoms with Gasteiger partial charge in [-0.2, -0.15) is 0 Å². The summed E-state index contributed by atoms with van der Waals surface area (Å²) in [5, 5.41) is 12.7. The van der Waals surface area contributed by atoms with Crippen molar-refractivity contribution < 1.29 is 28.8 Å². The van der Waals surface area contributed by atoms with Gasteiger partial charge in [0.15, 0.2) is 5.41 Å². The van der Waals surface area contributed by atoms with Gasteiger partial charge in [-0.25, -0.2) is 0 Å². The molecule has 1 saturated carbocycles. The SMILES string of the molecule is CCOC(=O)C1(C(=O)OCC)C[C@@H]2C(=[N+]([O-])OC2(C)C)[C@@H]1c1ccc(Br)cc1. The maximum Gasteiger partial charge on any atom is 0.324 e. The highest BCUT2D eigenvalue weighted by molar-refractivity contribution is 9.10. The lowest BCUT2D eigenvalue weighted by Gasteiger charge is -2.32. The summed E-state index contributed by atoms with van der Waals surface area (Å²) in [6.07, 6.45) is 0.0898. The summed E-state index contributed by atoms with van der Waals surface area (Å²) in [5.41, 5.74) is -1.48. The van der Waals surface area contributed by atoms with Gasteiger partial charge >= 0.3 is 11.9 Å². The van der Waals surface area contributed by atoms with Gasteiger partial charge in [0, 0.05) is 9.37 Å². The number of carbonyl (C=O) groups excluding carboxylic acids is 2. The van der Waals surface area contributed by atoms with Crippen LogP contribution in [0.5, 0.6) is 0 Å². The van der Waals surface area contributed by atoms with E-state index in [-0.39, 0.29) is 19.6 Å². The maximum absolute atomic E-state index is 13.2. The Balaban J connectivity index is 2.25. The molecule has 0 amide bonds. The molecule has 2 atom stereocenters. The third-order valence-electron chi connectivity index (χ3n) is 5.52. The predicted octanol–water partition coefficient (Wildman–Crippen LogP) is 3.34. The normalized spacial score (nSPS) is 24.5. The molecule has 1 heterocycles. The predicted molar refractivity (Wildman–Crippen MR) is 104 cm³/mol. The van der Waals surface area contributed by atoms with Crippen molar-refractivity contribution >= 4 is 33.6 Å². The van der Waals surface area contributed by atoms with E-state index in [1.165, 1.54) is 0 Å². The summed E-state index contributed by atoms with van der Waals surface area (Å²) in [7, 11) is 0. The summed E-state index contributed by atoms with van der Waals surface area (Å²) < 4.78 is 11.5. The molecular formula is C20H24BrNO6. The second kappa shape index (κ2) is 7.39. The van der Waals surface area contributed by atoms with Crippen molar-refractivity contribution in [1.82, 2.24) is 0 Å². The molecule has 8 heteroatoms. The molecule has 1 fully saturated rings. The minimum atomic E-state index is -1.64. The molecule has 1 aromatic rings. The number of ether oxygens (including phenoxy) is 2. The topological polar surface area (TPSA) is 87.9 Å². The number of benzene rings is 1. The third kappa shape index (κ3) is 3.07. The minimum Gasteiger partial charge on any atom is -0.465 e. The summed E-state index contributed by atoms with van der Waals surface area (Å²) in [6, 6.07) is 7.19. The lowest BCUT2D eigenvalue weighted by atomic mass is 9.73. The van der Waals surface area contributed by atoms with E-state index in [1.807, 2.05) is 0 Å². The van der Waals surface area contributed by atoms with Gasteiger partial charge in [0.1, 0.15) is 0 Å². The first-order valence-electron chi connectivity index (χ1n) is 9.32. The first kappa shape index (κ1) is 20.6. The van der Waals surface area contributed by atoms with E-state index in [0.29, 0.717) is 16.2 Å². The van der Waals surface area contributed by atoms with Crippen LogP contribution in [-0.2, 0) is 23.9 Å². The van der Waals surface area contributed by atoms with Gasteiger partial charge in [0.2, 0.25) is 5.71 Å². The molecule has 0 N–H and O–H groups in total. The third-order valence-corrected chi connectivity index (χ3v) is 6.05. The summed E-state index contributed by atoms with van der Waals surface area (Å²) in [4.78, 5) is 32.3. The Kier molecular flexibility index (Phi) is 5.44. The fraction of sp³-hybridized carbons (Fsp3) is 0.550. The maximum atomic E-state index is 13.2. The summed E-state index contributed by atoms with van der Waals surface area (Å²) in [5.74, 6) is -2.60. The van der Waals surface area contributed by atoms with E-state index < -0.39 is 34.8 Å². The van der Waals surface area contributed by atoms with Crippen LogP contribution in [0.4, 0.5) is 0 Å². The molecule has 28 heavy (non-hydrogen) atoms. The molecule has 0 saturated heterocycles. The molecule has 3 rings (SSSR count). The molecule has 152 valence electrons. The van der Waals surface area contributed by atoms with Gasteiger partial charge in [-0.05, 0) is 51.8 Å². The quantitative estimate of drug-likeness (QED) is 0.385. The van der Waals surface area contributed by atoms with Crippen LogP contribution >= 0.6 is 15.9 Å². The lowest BCUT2D eigenvalue weighted by molar-refractivity contribution is -0.752. The molecule has 0 unspecified atom stereocenters. The number of fused-ring (bicyclic) bond motifs is 1. The Labute approximate surface area is 172 Å². The number of rotatable bonds is 5. The Morgan fingerprint density at radius 1 is 1.18 bits per heavy atom. The van der Waals surface area contributed by atoms with Crippen LogP contribution in [-0.4, -0.2) is 41.4 Å². The smallest absolute Gasteiger partial charge is 0.324 e. The first-order chi connectivity index (χ1) is 13.2. The van der Waals surface area contributed by atoms with E-state index in [9.17, 15) is 14.8 Å². The van der Waals surface area contributed by atoms with Crippen molar-refractivity contribution in [3.63, 3.8) is 0 Å². The lowest BCUT2D eigenvalue weighted by Crippen LogP contribution is -2.46. The number of esters is 2. The van der Waals surface area contributed by atoms with Crippen molar-refractivity contribution in [3.05, 3.63) is 39.5 Å². The van der Waals surface area contributed by atoms with Gasteiger partial charge in [-0.15, -0.1) is 0 Å². The molecule has 0 spiro atoms. The Bertz CT molecular complexity index is 798. The van der Waals surface area contributed by atoms with E-state index >= 15 is 0 Å². The number of hydrogen-bond donors (Lipinski definition) is 0. The van der Waals surface area contributed by atoms with Crippen molar-refractivity contribution in [2.24, 2.45) is 11.3 Å². The molecule has 7 nitrogen and oxygen atoms in total. The van der Waals surface area contributed by atoms with Gasteiger partial charge in [-0.1, -0.05) is 28.1 Å². The molecule has 2 aliphatic rings. The summed E-state index contributed by atoms with van der Waals surface area (Å²) >= 11 is 3.39. The largest absolute Gasteiger partial charge is 0.465 e. The van der Waals surface area contributed by atoms with Crippen molar-refractivity contribution in [3.8, 4) is 0 Å². The molecule has 0 bridgehead atoms. The fourth-order valence-electron chi connectivity index (χ4n) is 4.28. The summed E-state index contributed by atoms with van der Waals surface area (Å²) in [6.45, 7) is 7.16. The van der Waals surface area contributed by atoms with Crippen LogP contribution < -0.4 is 0 Å². The van der Waals surface area contributed by atoms with E-state index in [0.717, 1.165) is 4.47 Å². The van der Waals surface area contributed by atoms with E-state index in [1.54, 1.807) is 52.0 Å². The number of nitrogens with zero attached hydrogens (tertiary/aromatic N) is 1.